The van der Waals surface area contributed by atoms with Crippen LogP contribution in [0, 0.1) is 0 Å². The molecule has 3 N–H and O–H groups in total. The predicted octanol–water partition coefficient (Wildman–Crippen LogP) is 4.27. The van der Waals surface area contributed by atoms with Gasteiger partial charge in [-0.2, -0.15) is 10.3 Å². The van der Waals surface area contributed by atoms with E-state index >= 15 is 0 Å². The van der Waals surface area contributed by atoms with Crippen LogP contribution < -0.4 is 14.8 Å². The molecule has 0 atom stereocenters. The first-order chi connectivity index (χ1) is 18.3. The van der Waals surface area contributed by atoms with Crippen molar-refractivity contribution in [1.82, 2.24) is 20.4 Å². The first kappa shape index (κ1) is 24.9. The second-order valence-electron chi connectivity index (χ2n) is 8.60. The lowest BCUT2D eigenvalue weighted by atomic mass is 10.1. The van der Waals surface area contributed by atoms with Crippen molar-refractivity contribution in [3.8, 4) is 17.0 Å². The third-order valence-electron chi connectivity index (χ3n) is 5.59. The number of pyridine rings is 1. The van der Waals surface area contributed by atoms with Gasteiger partial charge in [0, 0.05) is 28.9 Å². The number of ether oxygens (including phenoxy) is 1. The Balaban J connectivity index is 1.32. The molecule has 0 saturated heterocycles. The number of sulfonamides is 1. The summed E-state index contributed by atoms with van der Waals surface area (Å²) in [5.41, 5.74) is 4.28. The van der Waals surface area contributed by atoms with Gasteiger partial charge in [-0.25, -0.2) is 13.4 Å². The molecule has 10 nitrogen and oxygen atoms in total. The second-order valence-corrected chi connectivity index (χ2v) is 10.3. The van der Waals surface area contributed by atoms with E-state index in [1.807, 2.05) is 18.2 Å². The normalized spacial score (nSPS) is 11.3. The molecule has 2 aromatic heterocycles. The lowest BCUT2D eigenvalue weighted by Crippen LogP contribution is -2.14. The minimum atomic E-state index is -3.58. The third kappa shape index (κ3) is 6.31. The van der Waals surface area contributed by atoms with Crippen molar-refractivity contribution in [2.75, 3.05) is 22.9 Å². The number of hydrogen-bond donors (Lipinski definition) is 3. The molecule has 0 bridgehead atoms. The maximum atomic E-state index is 13.1. The van der Waals surface area contributed by atoms with E-state index in [9.17, 15) is 13.2 Å². The minimum absolute atomic E-state index is 0.236. The van der Waals surface area contributed by atoms with E-state index in [1.165, 1.54) is 11.6 Å². The molecule has 0 fully saturated rings. The van der Waals surface area contributed by atoms with Gasteiger partial charge in [-0.1, -0.05) is 30.3 Å². The molecule has 192 valence electrons. The average molecular weight is 529 g/mol. The van der Waals surface area contributed by atoms with Gasteiger partial charge in [-0.05, 0) is 60.2 Å². The van der Waals surface area contributed by atoms with Gasteiger partial charge in [-0.15, -0.1) is 5.10 Å². The van der Waals surface area contributed by atoms with Crippen molar-refractivity contribution < 1.29 is 17.9 Å². The zero-order valence-corrected chi connectivity index (χ0v) is 21.2. The number of benzene rings is 3. The molecule has 38 heavy (non-hydrogen) atoms. The second kappa shape index (κ2) is 10.7. The highest BCUT2D eigenvalue weighted by atomic mass is 32.2. The molecule has 0 aliphatic carbocycles. The van der Waals surface area contributed by atoms with Crippen molar-refractivity contribution in [3.05, 3.63) is 96.1 Å². The summed E-state index contributed by atoms with van der Waals surface area (Å²) in [6.07, 6.45) is 1.83. The van der Waals surface area contributed by atoms with Gasteiger partial charge in [0.05, 0.1) is 18.6 Å². The quantitative estimate of drug-likeness (QED) is 0.260. The first-order valence-electron chi connectivity index (χ1n) is 11.7. The topological polar surface area (TPSA) is 139 Å². The molecule has 3 aromatic carbocycles. The molecule has 5 aromatic rings. The number of carbonyl (C=O) groups is 1. The summed E-state index contributed by atoms with van der Waals surface area (Å²) in [5.74, 6) is 0.276. The Kier molecular flexibility index (Phi) is 7.00. The molecule has 0 saturated carbocycles. The van der Waals surface area contributed by atoms with Gasteiger partial charge in [0.25, 0.3) is 5.91 Å². The Morgan fingerprint density at radius 3 is 2.47 bits per heavy atom. The number of anilines is 2. The molecule has 0 unspecified atom stereocenters. The average Bonchev–Trinajstić information content (AvgIpc) is 3.37. The molecule has 1 amide bonds. The van der Waals surface area contributed by atoms with Gasteiger partial charge in [-0.3, -0.25) is 9.52 Å². The van der Waals surface area contributed by atoms with Crippen molar-refractivity contribution in [3.63, 3.8) is 0 Å². The fourth-order valence-electron chi connectivity index (χ4n) is 3.85. The minimum Gasteiger partial charge on any atom is -0.493 e. The fraction of sp³-hybridized carbons (Fsp3) is 0.111. The summed E-state index contributed by atoms with van der Waals surface area (Å²) in [5, 5.41) is 13.3. The van der Waals surface area contributed by atoms with Crippen LogP contribution in [-0.2, 0) is 16.4 Å². The number of carbonyl (C=O) groups excluding carboxylic acids is 1. The lowest BCUT2D eigenvalue weighted by Gasteiger charge is -2.12. The van der Waals surface area contributed by atoms with Crippen LogP contribution >= 0.6 is 0 Å². The van der Waals surface area contributed by atoms with Crippen LogP contribution in [0.3, 0.4) is 0 Å². The van der Waals surface area contributed by atoms with E-state index < -0.39 is 15.9 Å². The van der Waals surface area contributed by atoms with Crippen LogP contribution in [0.1, 0.15) is 15.9 Å². The van der Waals surface area contributed by atoms with Gasteiger partial charge >= 0.3 is 0 Å². The number of aromatic nitrogens is 4. The molecular formula is C27H24N6O4S. The Bertz CT molecular complexity index is 1690. The summed E-state index contributed by atoms with van der Waals surface area (Å²) >= 11 is 0. The lowest BCUT2D eigenvalue weighted by molar-refractivity contribution is 0.102. The van der Waals surface area contributed by atoms with E-state index in [0.29, 0.717) is 40.5 Å². The van der Waals surface area contributed by atoms with Crippen molar-refractivity contribution in [2.45, 2.75) is 6.42 Å². The molecular weight excluding hydrogens is 504 g/mol. The zero-order valence-electron chi connectivity index (χ0n) is 20.4. The maximum absolute atomic E-state index is 13.1. The molecule has 11 heteroatoms. The highest BCUT2D eigenvalue weighted by molar-refractivity contribution is 7.92. The number of fused-ring (bicyclic) bond motifs is 1. The predicted molar refractivity (Wildman–Crippen MR) is 146 cm³/mol. The summed E-state index contributed by atoms with van der Waals surface area (Å²) in [6.45, 7) is 0.535. The van der Waals surface area contributed by atoms with Crippen molar-refractivity contribution in [1.29, 1.82) is 0 Å². The Morgan fingerprint density at radius 1 is 0.921 bits per heavy atom. The molecule has 2 heterocycles. The summed E-state index contributed by atoms with van der Waals surface area (Å²) < 4.78 is 32.0. The van der Waals surface area contributed by atoms with Gasteiger partial charge in [0.15, 0.2) is 0 Å². The molecule has 0 spiro atoms. The number of rotatable bonds is 9. The smallest absolute Gasteiger partial charge is 0.255 e. The van der Waals surface area contributed by atoms with E-state index in [1.54, 1.807) is 48.5 Å². The van der Waals surface area contributed by atoms with E-state index in [4.69, 9.17) is 4.74 Å². The van der Waals surface area contributed by atoms with E-state index in [-0.39, 0.29) is 11.3 Å². The summed E-state index contributed by atoms with van der Waals surface area (Å²) in [7, 11) is -3.58. The molecule has 0 aliphatic heterocycles. The number of nitrogens with one attached hydrogen (secondary N) is 3. The van der Waals surface area contributed by atoms with Gasteiger partial charge < -0.3 is 10.1 Å². The SMILES string of the molecule is CS(=O)(=O)Nc1cc(C(=O)Nc2ccc(OCCc3ccccc3)cc2)cc(-c2ccc3n[nH]nc3n2)c1. The highest BCUT2D eigenvalue weighted by Gasteiger charge is 2.14. The largest absolute Gasteiger partial charge is 0.493 e. The third-order valence-corrected chi connectivity index (χ3v) is 6.20. The molecule has 0 radical (unpaired) electrons. The number of nitrogens with zero attached hydrogens (tertiary/aromatic N) is 3. The number of aromatic amines is 1. The summed E-state index contributed by atoms with van der Waals surface area (Å²) in [6, 6.07) is 25.3. The first-order valence-corrected chi connectivity index (χ1v) is 13.6. The van der Waals surface area contributed by atoms with Crippen LogP contribution in [-0.4, -0.2) is 47.6 Å². The van der Waals surface area contributed by atoms with Crippen LogP contribution in [0.25, 0.3) is 22.4 Å². The van der Waals surface area contributed by atoms with Crippen LogP contribution in [0.15, 0.2) is 84.9 Å². The Labute approximate surface area is 219 Å². The van der Waals surface area contributed by atoms with E-state index in [2.05, 4.69) is 42.6 Å². The number of amides is 1. The number of hydrogen-bond acceptors (Lipinski definition) is 7. The fourth-order valence-corrected chi connectivity index (χ4v) is 4.39. The molecule has 0 aliphatic rings. The van der Waals surface area contributed by atoms with Gasteiger partial charge in [0.1, 0.15) is 11.3 Å². The van der Waals surface area contributed by atoms with Crippen LogP contribution in [0.5, 0.6) is 5.75 Å². The maximum Gasteiger partial charge on any atom is 0.255 e. The Hall–Kier alpha value is -4.77. The van der Waals surface area contributed by atoms with Crippen molar-refractivity contribution >= 4 is 38.5 Å². The van der Waals surface area contributed by atoms with Gasteiger partial charge in [0.2, 0.25) is 15.7 Å². The zero-order chi connectivity index (χ0) is 26.5. The number of H-pyrrole nitrogens is 1. The van der Waals surface area contributed by atoms with Crippen LogP contribution in [0.4, 0.5) is 11.4 Å². The van der Waals surface area contributed by atoms with Crippen LogP contribution in [0.2, 0.25) is 0 Å². The molecule has 5 rings (SSSR count). The van der Waals surface area contributed by atoms with E-state index in [0.717, 1.165) is 12.7 Å². The monoisotopic (exact) mass is 528 g/mol. The standard InChI is InChI=1S/C27H24N6O4S/c1-38(35,36)32-22-16-19(24-11-12-25-26(29-24)31-33-30-25)15-20(17-22)27(34)28-21-7-9-23(10-8-21)37-14-13-18-5-3-2-4-6-18/h2-12,15-17,32H,13-14H2,1H3,(H,28,34)(H,29,30,31,33). The summed E-state index contributed by atoms with van der Waals surface area (Å²) in [4.78, 5) is 17.6. The Morgan fingerprint density at radius 2 is 1.71 bits per heavy atom. The highest BCUT2D eigenvalue weighted by Crippen LogP contribution is 2.26. The van der Waals surface area contributed by atoms with Crippen molar-refractivity contribution in [2.24, 2.45) is 0 Å².